The van der Waals surface area contributed by atoms with E-state index in [9.17, 15) is 0 Å². The van der Waals surface area contributed by atoms with Crippen LogP contribution in [0.2, 0.25) is 0 Å². The van der Waals surface area contributed by atoms with E-state index in [0.29, 0.717) is 0 Å². The molecule has 2 atom stereocenters. The summed E-state index contributed by atoms with van der Waals surface area (Å²) >= 11 is 0. The maximum absolute atomic E-state index is 8.95. The highest BCUT2D eigenvalue weighted by atomic mass is 16.5. The standard InChI is InChI=1S/C9H20O2/c1-5-6-9(3,11-4)8(2)7-10/h8,10H,5-7H2,1-4H3. The number of hydrogen-bond acceptors (Lipinski definition) is 2. The van der Waals surface area contributed by atoms with E-state index in [-0.39, 0.29) is 18.1 Å². The van der Waals surface area contributed by atoms with Gasteiger partial charge in [0.05, 0.1) is 5.60 Å². The van der Waals surface area contributed by atoms with Crippen molar-refractivity contribution in [2.24, 2.45) is 5.92 Å². The fourth-order valence-corrected chi connectivity index (χ4v) is 1.24. The molecule has 2 unspecified atom stereocenters. The van der Waals surface area contributed by atoms with Crippen LogP contribution < -0.4 is 0 Å². The SMILES string of the molecule is CCCC(C)(OC)C(C)CO. The van der Waals surface area contributed by atoms with Gasteiger partial charge in [-0.05, 0) is 13.3 Å². The zero-order valence-electron chi connectivity index (χ0n) is 8.05. The van der Waals surface area contributed by atoms with Gasteiger partial charge >= 0.3 is 0 Å². The van der Waals surface area contributed by atoms with Gasteiger partial charge in [-0.15, -0.1) is 0 Å². The van der Waals surface area contributed by atoms with E-state index in [1.165, 1.54) is 0 Å². The zero-order chi connectivity index (χ0) is 8.91. The summed E-state index contributed by atoms with van der Waals surface area (Å²) in [7, 11) is 1.71. The molecular formula is C9H20O2. The Balaban J connectivity index is 4.07. The van der Waals surface area contributed by atoms with Crippen LogP contribution in [0, 0.1) is 5.92 Å². The normalized spacial score (nSPS) is 19.4. The van der Waals surface area contributed by atoms with Crippen LogP contribution in [0.3, 0.4) is 0 Å². The molecule has 0 saturated carbocycles. The minimum absolute atomic E-state index is 0.149. The molecule has 11 heavy (non-hydrogen) atoms. The Morgan fingerprint density at radius 2 is 2.09 bits per heavy atom. The molecule has 0 radical (unpaired) electrons. The lowest BCUT2D eigenvalue weighted by Crippen LogP contribution is -2.37. The fraction of sp³-hybridized carbons (Fsp3) is 1.00. The van der Waals surface area contributed by atoms with E-state index in [1.54, 1.807) is 7.11 Å². The summed E-state index contributed by atoms with van der Waals surface area (Å²) in [5.74, 6) is 0.215. The summed E-state index contributed by atoms with van der Waals surface area (Å²) in [6.07, 6.45) is 2.10. The maximum Gasteiger partial charge on any atom is 0.0697 e. The fourth-order valence-electron chi connectivity index (χ4n) is 1.24. The van der Waals surface area contributed by atoms with Gasteiger partial charge in [-0.25, -0.2) is 0 Å². The third-order valence-electron chi connectivity index (χ3n) is 2.53. The first kappa shape index (κ1) is 10.9. The highest BCUT2D eigenvalue weighted by Crippen LogP contribution is 2.25. The number of hydrogen-bond donors (Lipinski definition) is 1. The minimum atomic E-state index is -0.149. The Kier molecular flexibility index (Phi) is 4.69. The largest absolute Gasteiger partial charge is 0.396 e. The predicted octanol–water partition coefficient (Wildman–Crippen LogP) is 1.82. The lowest BCUT2D eigenvalue weighted by Gasteiger charge is -2.33. The molecule has 2 heteroatoms. The average molecular weight is 160 g/mol. The van der Waals surface area contributed by atoms with E-state index in [4.69, 9.17) is 9.84 Å². The highest BCUT2D eigenvalue weighted by molar-refractivity contribution is 4.79. The third-order valence-corrected chi connectivity index (χ3v) is 2.53. The van der Waals surface area contributed by atoms with Crippen LogP contribution in [0.25, 0.3) is 0 Å². The minimum Gasteiger partial charge on any atom is -0.396 e. The Bertz CT molecular complexity index is 104. The van der Waals surface area contributed by atoms with Gasteiger partial charge in [0, 0.05) is 19.6 Å². The molecule has 0 aromatic carbocycles. The molecule has 68 valence electrons. The molecule has 0 rings (SSSR count). The van der Waals surface area contributed by atoms with Crippen LogP contribution in [-0.4, -0.2) is 24.4 Å². The highest BCUT2D eigenvalue weighted by Gasteiger charge is 2.29. The van der Waals surface area contributed by atoms with Crippen LogP contribution in [-0.2, 0) is 4.74 Å². The van der Waals surface area contributed by atoms with Crippen molar-refractivity contribution in [1.82, 2.24) is 0 Å². The first-order valence-corrected chi connectivity index (χ1v) is 4.26. The molecule has 1 N–H and O–H groups in total. The first-order chi connectivity index (χ1) is 5.10. The molecule has 0 saturated heterocycles. The van der Waals surface area contributed by atoms with E-state index < -0.39 is 0 Å². The Morgan fingerprint density at radius 3 is 2.36 bits per heavy atom. The summed E-state index contributed by atoms with van der Waals surface area (Å²) in [5, 5.41) is 8.95. The number of rotatable bonds is 5. The lowest BCUT2D eigenvalue weighted by atomic mass is 9.87. The second-order valence-corrected chi connectivity index (χ2v) is 3.35. The summed E-state index contributed by atoms with van der Waals surface area (Å²) in [4.78, 5) is 0. The topological polar surface area (TPSA) is 29.5 Å². The van der Waals surface area contributed by atoms with Gasteiger partial charge < -0.3 is 9.84 Å². The van der Waals surface area contributed by atoms with E-state index >= 15 is 0 Å². The van der Waals surface area contributed by atoms with Gasteiger partial charge in [0.25, 0.3) is 0 Å². The Morgan fingerprint density at radius 1 is 1.55 bits per heavy atom. The van der Waals surface area contributed by atoms with Crippen molar-refractivity contribution in [2.45, 2.75) is 39.2 Å². The van der Waals surface area contributed by atoms with E-state index in [0.717, 1.165) is 12.8 Å². The van der Waals surface area contributed by atoms with Crippen molar-refractivity contribution >= 4 is 0 Å². The maximum atomic E-state index is 8.95. The van der Waals surface area contributed by atoms with Crippen molar-refractivity contribution < 1.29 is 9.84 Å². The molecule has 0 aliphatic heterocycles. The molecule has 0 spiro atoms. The van der Waals surface area contributed by atoms with Crippen LogP contribution >= 0.6 is 0 Å². The molecule has 0 aromatic heterocycles. The average Bonchev–Trinajstić information content (AvgIpc) is 2.03. The zero-order valence-corrected chi connectivity index (χ0v) is 8.05. The van der Waals surface area contributed by atoms with Crippen LogP contribution in [0.5, 0.6) is 0 Å². The molecule has 0 aliphatic carbocycles. The number of ether oxygens (including phenoxy) is 1. The molecule has 0 heterocycles. The molecule has 0 bridgehead atoms. The number of aliphatic hydroxyl groups excluding tert-OH is 1. The van der Waals surface area contributed by atoms with Gasteiger partial charge in [-0.3, -0.25) is 0 Å². The first-order valence-electron chi connectivity index (χ1n) is 4.26. The number of aliphatic hydroxyl groups is 1. The van der Waals surface area contributed by atoms with E-state index in [1.807, 2.05) is 6.92 Å². The van der Waals surface area contributed by atoms with Crippen molar-refractivity contribution in [3.63, 3.8) is 0 Å². The Labute approximate surface area is 69.6 Å². The van der Waals surface area contributed by atoms with Crippen molar-refractivity contribution in [3.05, 3.63) is 0 Å². The molecular weight excluding hydrogens is 140 g/mol. The van der Waals surface area contributed by atoms with Gasteiger partial charge in [-0.1, -0.05) is 20.3 Å². The number of methoxy groups -OCH3 is 1. The van der Waals surface area contributed by atoms with Gasteiger partial charge in [0.15, 0.2) is 0 Å². The van der Waals surface area contributed by atoms with Gasteiger partial charge in [0.2, 0.25) is 0 Å². The third kappa shape index (κ3) is 2.80. The van der Waals surface area contributed by atoms with Crippen molar-refractivity contribution in [1.29, 1.82) is 0 Å². The molecule has 0 amide bonds. The summed E-state index contributed by atoms with van der Waals surface area (Å²) in [6.45, 7) is 6.39. The second kappa shape index (κ2) is 4.73. The van der Waals surface area contributed by atoms with Gasteiger partial charge in [-0.2, -0.15) is 0 Å². The van der Waals surface area contributed by atoms with Crippen molar-refractivity contribution in [3.8, 4) is 0 Å². The van der Waals surface area contributed by atoms with E-state index in [2.05, 4.69) is 13.8 Å². The quantitative estimate of drug-likeness (QED) is 0.664. The lowest BCUT2D eigenvalue weighted by molar-refractivity contribution is -0.0598. The molecule has 2 nitrogen and oxygen atoms in total. The molecule has 0 fully saturated rings. The summed E-state index contributed by atoms with van der Waals surface area (Å²) in [6, 6.07) is 0. The molecule has 0 aliphatic rings. The van der Waals surface area contributed by atoms with Crippen LogP contribution in [0.15, 0.2) is 0 Å². The van der Waals surface area contributed by atoms with Crippen LogP contribution in [0.4, 0.5) is 0 Å². The Hall–Kier alpha value is -0.0800. The summed E-state index contributed by atoms with van der Waals surface area (Å²) < 4.78 is 5.37. The van der Waals surface area contributed by atoms with Gasteiger partial charge in [0.1, 0.15) is 0 Å². The van der Waals surface area contributed by atoms with Crippen molar-refractivity contribution in [2.75, 3.05) is 13.7 Å². The molecule has 0 aromatic rings. The van der Waals surface area contributed by atoms with Crippen LogP contribution in [0.1, 0.15) is 33.6 Å². The smallest absolute Gasteiger partial charge is 0.0697 e. The second-order valence-electron chi connectivity index (χ2n) is 3.35. The summed E-state index contributed by atoms with van der Waals surface area (Å²) in [5.41, 5.74) is -0.149. The monoisotopic (exact) mass is 160 g/mol. The predicted molar refractivity (Wildman–Crippen MR) is 46.6 cm³/mol.